The van der Waals surface area contributed by atoms with Crippen LogP contribution in [0.15, 0.2) is 59.2 Å². The maximum Gasteiger partial charge on any atom is 0.416 e. The van der Waals surface area contributed by atoms with Gasteiger partial charge >= 0.3 is 6.18 Å². The molecule has 6 heteroatoms. The summed E-state index contributed by atoms with van der Waals surface area (Å²) in [5.74, 6) is 0.143. The van der Waals surface area contributed by atoms with Gasteiger partial charge in [-0.25, -0.2) is 0 Å². The molecule has 2 aromatic carbocycles. The van der Waals surface area contributed by atoms with Gasteiger partial charge in [0, 0.05) is 5.92 Å². The number of hydrazone groups is 1. The minimum absolute atomic E-state index is 0.143. The number of alkyl halides is 3. The lowest BCUT2D eigenvalue weighted by Crippen LogP contribution is -2.29. The first kappa shape index (κ1) is 19.8. The van der Waals surface area contributed by atoms with Gasteiger partial charge in [0.2, 0.25) is 0 Å². The third-order valence-corrected chi connectivity index (χ3v) is 5.90. The number of nitrogens with zero attached hydrogens (tertiary/aromatic N) is 1. The van der Waals surface area contributed by atoms with Crippen molar-refractivity contribution < 1.29 is 13.2 Å². The number of hydrogen-bond donors (Lipinski definition) is 1. The Morgan fingerprint density at radius 1 is 0.862 bits per heavy atom. The summed E-state index contributed by atoms with van der Waals surface area (Å²) in [6.45, 7) is 0. The number of hydrogen-bond acceptors (Lipinski definition) is 2. The van der Waals surface area contributed by atoms with Crippen LogP contribution in [0.3, 0.4) is 0 Å². The first-order valence-corrected chi connectivity index (χ1v) is 10.2. The summed E-state index contributed by atoms with van der Waals surface area (Å²) in [5.41, 5.74) is 8.95. The van der Waals surface area contributed by atoms with Crippen LogP contribution in [0.4, 0.5) is 13.2 Å². The lowest BCUT2D eigenvalue weighted by atomic mass is 9.78. The minimum atomic E-state index is -4.32. The smallest absolute Gasteiger partial charge is 0.278 e. The van der Waals surface area contributed by atoms with Crippen molar-refractivity contribution in [1.82, 2.24) is 5.43 Å². The third-order valence-electron chi connectivity index (χ3n) is 5.90. The maximum absolute atomic E-state index is 12.9. The number of rotatable bonds is 2. The summed E-state index contributed by atoms with van der Waals surface area (Å²) in [5, 5.41) is 4.66. The third kappa shape index (κ3) is 4.26. The van der Waals surface area contributed by atoms with Crippen molar-refractivity contribution in [1.29, 1.82) is 0 Å². The first-order valence-electron chi connectivity index (χ1n) is 10.2. The van der Waals surface area contributed by atoms with Crippen LogP contribution in [-0.4, -0.2) is 13.6 Å². The Bertz CT molecular complexity index is 928. The van der Waals surface area contributed by atoms with Gasteiger partial charge in [-0.05, 0) is 48.1 Å². The molecule has 0 amide bonds. The van der Waals surface area contributed by atoms with E-state index in [0.717, 1.165) is 60.4 Å². The minimum Gasteiger partial charge on any atom is -0.278 e. The van der Waals surface area contributed by atoms with Crippen molar-refractivity contribution >= 4 is 24.7 Å². The van der Waals surface area contributed by atoms with Crippen LogP contribution >= 0.6 is 0 Å². The van der Waals surface area contributed by atoms with E-state index < -0.39 is 11.7 Å². The van der Waals surface area contributed by atoms with Crippen molar-refractivity contribution in [3.8, 4) is 0 Å². The fraction of sp³-hybridized carbons (Fsp3) is 0.348. The second kappa shape index (κ2) is 8.09. The zero-order valence-corrected chi connectivity index (χ0v) is 16.5. The van der Waals surface area contributed by atoms with Gasteiger partial charge < -0.3 is 0 Å². The molecule has 0 aromatic heterocycles. The lowest BCUT2D eigenvalue weighted by Gasteiger charge is -2.31. The molecule has 0 bridgehead atoms. The molecule has 1 aliphatic carbocycles. The highest BCUT2D eigenvalue weighted by atomic mass is 19.4. The Morgan fingerprint density at radius 3 is 2.21 bits per heavy atom. The normalized spacial score (nSPS) is 20.2. The molecule has 0 radical (unpaired) electrons. The quantitative estimate of drug-likeness (QED) is 0.735. The summed E-state index contributed by atoms with van der Waals surface area (Å²) in [6.07, 6.45) is 2.28. The Labute approximate surface area is 170 Å². The van der Waals surface area contributed by atoms with E-state index in [1.807, 2.05) is 0 Å². The molecule has 150 valence electrons. The largest absolute Gasteiger partial charge is 0.416 e. The number of benzene rings is 2. The predicted molar refractivity (Wildman–Crippen MR) is 114 cm³/mol. The molecule has 4 rings (SSSR count). The van der Waals surface area contributed by atoms with E-state index in [1.165, 1.54) is 23.9 Å². The van der Waals surface area contributed by atoms with E-state index in [4.69, 9.17) is 0 Å². The van der Waals surface area contributed by atoms with Crippen LogP contribution in [0.1, 0.15) is 55.2 Å². The molecule has 0 spiro atoms. The SMILES string of the molecule is Bc1ccc(C2=C3CCCCCCC3C(c3ccc(C(F)(F)F)cc3)=NN2)cc1. The molecule has 1 saturated carbocycles. The average molecular weight is 396 g/mol. The van der Waals surface area contributed by atoms with E-state index in [9.17, 15) is 13.2 Å². The van der Waals surface area contributed by atoms with Crippen LogP contribution in [-0.2, 0) is 6.18 Å². The summed E-state index contributed by atoms with van der Waals surface area (Å²) in [6, 6.07) is 13.8. The van der Waals surface area contributed by atoms with E-state index in [0.29, 0.717) is 0 Å². The van der Waals surface area contributed by atoms with Crippen LogP contribution < -0.4 is 10.9 Å². The van der Waals surface area contributed by atoms with Crippen molar-refractivity contribution in [2.45, 2.75) is 44.7 Å². The van der Waals surface area contributed by atoms with Crippen LogP contribution in [0.5, 0.6) is 0 Å². The number of nitrogens with one attached hydrogen (secondary N) is 1. The highest BCUT2D eigenvalue weighted by Crippen LogP contribution is 2.37. The molecule has 2 nitrogen and oxygen atoms in total. The molecule has 1 atom stereocenters. The van der Waals surface area contributed by atoms with Gasteiger partial charge in [-0.15, -0.1) is 0 Å². The van der Waals surface area contributed by atoms with Gasteiger partial charge in [-0.3, -0.25) is 5.43 Å². The molecule has 2 aliphatic rings. The summed E-state index contributed by atoms with van der Waals surface area (Å²) in [4.78, 5) is 0. The van der Waals surface area contributed by atoms with Crippen molar-refractivity contribution in [3.05, 3.63) is 70.8 Å². The van der Waals surface area contributed by atoms with E-state index >= 15 is 0 Å². The van der Waals surface area contributed by atoms with Crippen LogP contribution in [0, 0.1) is 5.92 Å². The van der Waals surface area contributed by atoms with E-state index in [2.05, 4.69) is 42.6 Å². The van der Waals surface area contributed by atoms with Gasteiger partial charge in [0.05, 0.1) is 17.0 Å². The molecule has 2 aromatic rings. The molecule has 1 N–H and O–H groups in total. The molecule has 1 heterocycles. The van der Waals surface area contributed by atoms with E-state index in [-0.39, 0.29) is 5.92 Å². The zero-order chi connectivity index (χ0) is 20.4. The summed E-state index contributed by atoms with van der Waals surface area (Å²) < 4.78 is 38.8. The molecule has 29 heavy (non-hydrogen) atoms. The Morgan fingerprint density at radius 2 is 1.52 bits per heavy atom. The highest BCUT2D eigenvalue weighted by Gasteiger charge is 2.32. The van der Waals surface area contributed by atoms with E-state index in [1.54, 1.807) is 12.1 Å². The number of fused-ring (bicyclic) bond motifs is 1. The van der Waals surface area contributed by atoms with Crippen molar-refractivity contribution in [2.75, 3.05) is 0 Å². The molecule has 1 aliphatic heterocycles. The van der Waals surface area contributed by atoms with Gasteiger partial charge in [0.25, 0.3) is 0 Å². The fourth-order valence-electron chi connectivity index (χ4n) is 4.30. The Balaban J connectivity index is 1.71. The fourth-order valence-corrected chi connectivity index (χ4v) is 4.30. The van der Waals surface area contributed by atoms with Gasteiger partial charge in [-0.1, -0.05) is 61.1 Å². The highest BCUT2D eigenvalue weighted by molar-refractivity contribution is 6.32. The maximum atomic E-state index is 12.9. The van der Waals surface area contributed by atoms with Crippen LogP contribution in [0.25, 0.3) is 5.70 Å². The average Bonchev–Trinajstić information content (AvgIpc) is 2.68. The summed E-state index contributed by atoms with van der Waals surface area (Å²) >= 11 is 0. The van der Waals surface area contributed by atoms with Crippen molar-refractivity contribution in [3.63, 3.8) is 0 Å². The summed E-state index contributed by atoms with van der Waals surface area (Å²) in [7, 11) is 2.06. The Hall–Kier alpha value is -2.50. The standard InChI is InChI=1S/C23H24BF3N2/c24-18-13-9-16(10-14-18)22-20-6-4-2-1-3-5-19(20)21(28-29-22)15-7-11-17(12-8-15)23(25,26)27/h7-14,19,29H,1-6,24H2. The Kier molecular flexibility index (Phi) is 5.53. The molecule has 0 saturated heterocycles. The topological polar surface area (TPSA) is 24.4 Å². The monoisotopic (exact) mass is 396 g/mol. The van der Waals surface area contributed by atoms with Crippen molar-refractivity contribution in [2.24, 2.45) is 11.0 Å². The van der Waals surface area contributed by atoms with Gasteiger partial charge in [-0.2, -0.15) is 18.3 Å². The molecular weight excluding hydrogens is 372 g/mol. The number of halogens is 3. The molecule has 1 fully saturated rings. The van der Waals surface area contributed by atoms with Gasteiger partial charge in [0.15, 0.2) is 0 Å². The second-order valence-electron chi connectivity index (χ2n) is 7.96. The predicted octanol–water partition coefficient (Wildman–Crippen LogP) is 4.65. The zero-order valence-electron chi connectivity index (χ0n) is 16.5. The molecule has 1 unspecified atom stereocenters. The lowest BCUT2D eigenvalue weighted by molar-refractivity contribution is -0.137. The molecular formula is C23H24BF3N2. The second-order valence-corrected chi connectivity index (χ2v) is 7.96. The first-order chi connectivity index (χ1) is 13.9. The van der Waals surface area contributed by atoms with Crippen LogP contribution in [0.2, 0.25) is 0 Å². The number of allylic oxidation sites excluding steroid dienone is 1. The van der Waals surface area contributed by atoms with Gasteiger partial charge in [0.1, 0.15) is 7.85 Å².